The monoisotopic (exact) mass is 323 g/mol. The van der Waals surface area contributed by atoms with Crippen LogP contribution in [0.25, 0.3) is 0 Å². The molecule has 0 saturated carbocycles. The van der Waals surface area contributed by atoms with E-state index < -0.39 is 23.8 Å². The van der Waals surface area contributed by atoms with Gasteiger partial charge in [-0.1, -0.05) is 12.1 Å². The molecular formula is C15H12F3N3O2. The normalized spacial score (nSPS) is 15.0. The number of aliphatic hydroxyl groups is 1. The first-order valence-electron chi connectivity index (χ1n) is 6.70. The maximum absolute atomic E-state index is 13.2. The highest BCUT2D eigenvalue weighted by Crippen LogP contribution is 2.30. The lowest BCUT2D eigenvalue weighted by Gasteiger charge is -2.35. The van der Waals surface area contributed by atoms with Crippen LogP contribution in [0.3, 0.4) is 0 Å². The molecule has 0 bridgehead atoms. The summed E-state index contributed by atoms with van der Waals surface area (Å²) in [5.41, 5.74) is 0.883. The van der Waals surface area contributed by atoms with Gasteiger partial charge in [-0.25, -0.2) is 13.2 Å². The summed E-state index contributed by atoms with van der Waals surface area (Å²) in [6, 6.07) is 8.20. The van der Waals surface area contributed by atoms with Gasteiger partial charge in [-0.05, 0) is 12.1 Å². The zero-order chi connectivity index (χ0) is 16.6. The van der Waals surface area contributed by atoms with Crippen LogP contribution in [0.2, 0.25) is 0 Å². The number of halogens is 3. The van der Waals surface area contributed by atoms with Crippen LogP contribution in [-0.4, -0.2) is 23.9 Å². The molecule has 0 saturated heterocycles. The zero-order valence-corrected chi connectivity index (χ0v) is 11.7. The van der Waals surface area contributed by atoms with Crippen molar-refractivity contribution in [3.05, 3.63) is 53.8 Å². The predicted molar refractivity (Wildman–Crippen MR) is 78.4 cm³/mol. The minimum atomic E-state index is -1.59. The van der Waals surface area contributed by atoms with Crippen molar-refractivity contribution in [3.8, 4) is 0 Å². The number of rotatable bonds is 3. The lowest BCUT2D eigenvalue weighted by Crippen LogP contribution is -2.48. The van der Waals surface area contributed by atoms with Crippen molar-refractivity contribution in [2.45, 2.75) is 6.35 Å². The molecule has 8 heteroatoms. The summed E-state index contributed by atoms with van der Waals surface area (Å²) in [4.78, 5) is 13.0. The smallest absolute Gasteiger partial charge is 0.244 e. The third-order valence-corrected chi connectivity index (χ3v) is 3.38. The molecule has 120 valence electrons. The Kier molecular flexibility index (Phi) is 3.83. The number of benzene rings is 2. The highest BCUT2D eigenvalue weighted by molar-refractivity contribution is 6.01. The van der Waals surface area contributed by atoms with Crippen molar-refractivity contribution in [1.29, 1.82) is 0 Å². The van der Waals surface area contributed by atoms with Gasteiger partial charge in [-0.2, -0.15) is 0 Å². The van der Waals surface area contributed by atoms with Crippen LogP contribution < -0.4 is 15.5 Å². The molecule has 0 fully saturated rings. The highest BCUT2D eigenvalue weighted by atomic mass is 19.2. The molecule has 5 nitrogen and oxygen atoms in total. The molecule has 2 aromatic rings. The molecule has 3 N–H and O–H groups in total. The van der Waals surface area contributed by atoms with Gasteiger partial charge in [0.1, 0.15) is 6.54 Å². The molecule has 1 amide bonds. The van der Waals surface area contributed by atoms with Crippen LogP contribution in [0, 0.1) is 17.5 Å². The second-order valence-electron chi connectivity index (χ2n) is 4.97. The van der Waals surface area contributed by atoms with E-state index in [1.165, 1.54) is 4.90 Å². The molecule has 0 spiro atoms. The molecule has 1 heterocycles. The van der Waals surface area contributed by atoms with E-state index in [1.807, 2.05) is 0 Å². The molecule has 3 rings (SSSR count). The average Bonchev–Trinajstić information content (AvgIpc) is 2.51. The first-order chi connectivity index (χ1) is 11.0. The second kappa shape index (κ2) is 5.81. The van der Waals surface area contributed by atoms with Crippen molar-refractivity contribution < 1.29 is 23.1 Å². The predicted octanol–water partition coefficient (Wildman–Crippen LogP) is 2.25. The van der Waals surface area contributed by atoms with E-state index in [2.05, 4.69) is 10.6 Å². The summed E-state index contributed by atoms with van der Waals surface area (Å²) in [6.45, 7) is -0.155. The third kappa shape index (κ3) is 2.93. The highest BCUT2D eigenvalue weighted by Gasteiger charge is 2.27. The van der Waals surface area contributed by atoms with Crippen LogP contribution in [0.15, 0.2) is 36.4 Å². The summed E-state index contributed by atoms with van der Waals surface area (Å²) in [5, 5.41) is 15.3. The van der Waals surface area contributed by atoms with E-state index >= 15 is 0 Å². The van der Waals surface area contributed by atoms with Crippen molar-refractivity contribution in [2.75, 3.05) is 22.1 Å². The molecule has 23 heavy (non-hydrogen) atoms. The van der Waals surface area contributed by atoms with Crippen LogP contribution in [-0.2, 0) is 4.79 Å². The van der Waals surface area contributed by atoms with E-state index in [4.69, 9.17) is 0 Å². The summed E-state index contributed by atoms with van der Waals surface area (Å²) in [7, 11) is 0. The maximum atomic E-state index is 13.2. The Labute approximate surface area is 129 Å². The number of aliphatic hydroxyl groups excluding tert-OH is 1. The number of nitrogens with one attached hydrogen (secondary N) is 2. The Bertz CT molecular complexity index is 746. The quantitative estimate of drug-likeness (QED) is 0.599. The Morgan fingerprint density at radius 2 is 1.83 bits per heavy atom. The molecule has 1 aliphatic rings. The molecule has 0 radical (unpaired) electrons. The van der Waals surface area contributed by atoms with E-state index in [9.17, 15) is 23.1 Å². The number of fused-ring (bicyclic) bond motifs is 1. The minimum absolute atomic E-state index is 0.155. The van der Waals surface area contributed by atoms with E-state index in [-0.39, 0.29) is 18.1 Å². The fourth-order valence-electron chi connectivity index (χ4n) is 2.34. The van der Waals surface area contributed by atoms with E-state index in [0.717, 1.165) is 12.1 Å². The van der Waals surface area contributed by atoms with Gasteiger partial charge in [-0.3, -0.25) is 4.79 Å². The molecule has 0 aliphatic carbocycles. The zero-order valence-electron chi connectivity index (χ0n) is 11.7. The third-order valence-electron chi connectivity index (χ3n) is 3.38. The fraction of sp³-hybridized carbons (Fsp3) is 0.133. The molecule has 1 aliphatic heterocycles. The van der Waals surface area contributed by atoms with Crippen LogP contribution in [0.1, 0.15) is 0 Å². The number of nitrogens with zero attached hydrogens (tertiary/aromatic N) is 1. The number of carbonyl (C=O) groups is 1. The molecule has 0 aromatic heterocycles. The molecule has 1 atom stereocenters. The molecular weight excluding hydrogens is 311 g/mol. The molecule has 1 unspecified atom stereocenters. The average molecular weight is 323 g/mol. The van der Waals surface area contributed by atoms with Gasteiger partial charge in [0.2, 0.25) is 12.3 Å². The largest absolute Gasteiger partial charge is 0.356 e. The molecule has 2 aromatic carbocycles. The standard InChI is InChI=1S/C15H12F3N3O2/c16-9-5-8(6-10(17)14(9)18)19-15(23)21-7-13(22)20-11-3-1-2-4-12(11)21/h1-6,15,19,23H,7H2,(H,20,22). The van der Waals surface area contributed by atoms with E-state index in [1.54, 1.807) is 24.3 Å². The van der Waals surface area contributed by atoms with E-state index in [0.29, 0.717) is 11.4 Å². The number of hydrogen-bond acceptors (Lipinski definition) is 4. The Morgan fingerprint density at radius 1 is 1.17 bits per heavy atom. The number of carbonyl (C=O) groups excluding carboxylic acids is 1. The number of para-hydroxylation sites is 2. The Morgan fingerprint density at radius 3 is 2.52 bits per heavy atom. The van der Waals surface area contributed by atoms with Crippen molar-refractivity contribution in [1.82, 2.24) is 0 Å². The van der Waals surface area contributed by atoms with Gasteiger partial charge in [0.05, 0.1) is 11.4 Å². The Balaban J connectivity index is 1.86. The SMILES string of the molecule is O=C1CN(C(O)Nc2cc(F)c(F)c(F)c2)c2ccccc2N1. The number of hydrogen-bond donors (Lipinski definition) is 3. The first kappa shape index (κ1) is 15.2. The van der Waals surface area contributed by atoms with Gasteiger partial charge in [0.15, 0.2) is 17.5 Å². The second-order valence-corrected chi connectivity index (χ2v) is 4.97. The van der Waals surface area contributed by atoms with Crippen LogP contribution >= 0.6 is 0 Å². The van der Waals surface area contributed by atoms with Gasteiger partial charge in [-0.15, -0.1) is 0 Å². The van der Waals surface area contributed by atoms with Crippen molar-refractivity contribution in [2.24, 2.45) is 0 Å². The number of amides is 1. The lowest BCUT2D eigenvalue weighted by atomic mass is 10.2. The van der Waals surface area contributed by atoms with Crippen molar-refractivity contribution >= 4 is 23.0 Å². The minimum Gasteiger partial charge on any atom is -0.356 e. The van der Waals surface area contributed by atoms with Crippen LogP contribution in [0.5, 0.6) is 0 Å². The summed E-state index contributed by atoms with van der Waals surface area (Å²) < 4.78 is 39.4. The number of anilines is 3. The maximum Gasteiger partial charge on any atom is 0.244 e. The fourth-order valence-corrected chi connectivity index (χ4v) is 2.34. The van der Waals surface area contributed by atoms with Gasteiger partial charge in [0, 0.05) is 17.8 Å². The first-order valence-corrected chi connectivity index (χ1v) is 6.70. The van der Waals surface area contributed by atoms with Gasteiger partial charge >= 0.3 is 0 Å². The van der Waals surface area contributed by atoms with Crippen LogP contribution in [0.4, 0.5) is 30.2 Å². The Hall–Kier alpha value is -2.74. The van der Waals surface area contributed by atoms with Gasteiger partial charge < -0.3 is 20.6 Å². The summed E-state index contributed by atoms with van der Waals surface area (Å²) in [6.07, 6.45) is -1.44. The summed E-state index contributed by atoms with van der Waals surface area (Å²) >= 11 is 0. The van der Waals surface area contributed by atoms with Gasteiger partial charge in [0.25, 0.3) is 0 Å². The van der Waals surface area contributed by atoms with Crippen molar-refractivity contribution in [3.63, 3.8) is 0 Å². The topological polar surface area (TPSA) is 64.6 Å². The lowest BCUT2D eigenvalue weighted by molar-refractivity contribution is -0.115. The summed E-state index contributed by atoms with van der Waals surface area (Å²) in [5.74, 6) is -4.69.